The molecule has 6 heteroatoms. The van der Waals surface area contributed by atoms with Crippen LogP contribution in [-0.4, -0.2) is 27.6 Å². The molecule has 6 nitrogen and oxygen atoms in total. The Morgan fingerprint density at radius 2 is 2.29 bits per heavy atom. The molecule has 0 unspecified atom stereocenters. The minimum Gasteiger partial charge on any atom is -0.464 e. The third-order valence-corrected chi connectivity index (χ3v) is 2.36. The summed E-state index contributed by atoms with van der Waals surface area (Å²) < 4.78 is 6.26. The highest BCUT2D eigenvalue weighted by atomic mass is 16.5. The topological polar surface area (TPSA) is 83.0 Å². The number of esters is 1. The average molecular weight is 232 g/mol. The van der Waals surface area contributed by atoms with E-state index in [1.807, 2.05) is 6.07 Å². The largest absolute Gasteiger partial charge is 0.464 e. The molecule has 2 heterocycles. The van der Waals surface area contributed by atoms with Gasteiger partial charge in [-0.2, -0.15) is 0 Å². The molecule has 17 heavy (non-hydrogen) atoms. The zero-order valence-electron chi connectivity index (χ0n) is 9.54. The molecule has 0 aliphatic rings. The Kier molecular flexibility index (Phi) is 2.78. The number of rotatable bonds is 2. The summed E-state index contributed by atoms with van der Waals surface area (Å²) in [6.07, 6.45) is 3.30. The van der Waals surface area contributed by atoms with Crippen molar-refractivity contribution in [2.24, 2.45) is 0 Å². The van der Waals surface area contributed by atoms with Crippen LogP contribution in [0.3, 0.4) is 0 Å². The zero-order valence-corrected chi connectivity index (χ0v) is 9.54. The lowest BCUT2D eigenvalue weighted by atomic mass is 10.4. The summed E-state index contributed by atoms with van der Waals surface area (Å²) in [6, 6.07) is 3.62. The van der Waals surface area contributed by atoms with Crippen molar-refractivity contribution in [3.05, 3.63) is 36.0 Å². The molecule has 88 valence electrons. The van der Waals surface area contributed by atoms with E-state index in [0.717, 1.165) is 5.69 Å². The second-order valence-corrected chi connectivity index (χ2v) is 3.43. The first-order valence-corrected chi connectivity index (χ1v) is 4.98. The number of nitrogens with zero attached hydrogens (tertiary/aromatic N) is 3. The fraction of sp³-hybridized carbons (Fsp3) is 0.182. The third-order valence-electron chi connectivity index (χ3n) is 2.36. The lowest BCUT2D eigenvalue weighted by Gasteiger charge is -2.06. The molecule has 0 aliphatic heterocycles. The number of carbonyl (C=O) groups is 1. The van der Waals surface area contributed by atoms with Gasteiger partial charge in [0.1, 0.15) is 11.6 Å². The normalized spacial score (nSPS) is 10.2. The van der Waals surface area contributed by atoms with Crippen LogP contribution in [-0.2, 0) is 4.74 Å². The minimum absolute atomic E-state index is 0.119. The Hall–Kier alpha value is -2.37. The Morgan fingerprint density at radius 3 is 2.88 bits per heavy atom. The second-order valence-electron chi connectivity index (χ2n) is 3.43. The Labute approximate surface area is 98.1 Å². The van der Waals surface area contributed by atoms with Crippen LogP contribution < -0.4 is 5.73 Å². The first-order valence-electron chi connectivity index (χ1n) is 4.98. The molecule has 0 atom stereocenters. The van der Waals surface area contributed by atoms with Gasteiger partial charge in [0.25, 0.3) is 0 Å². The Bertz CT molecular complexity index is 548. The molecular formula is C11H12N4O2. The smallest absolute Gasteiger partial charge is 0.360 e. The molecular weight excluding hydrogens is 220 g/mol. The minimum atomic E-state index is -0.548. The zero-order chi connectivity index (χ0) is 12.4. The van der Waals surface area contributed by atoms with E-state index < -0.39 is 5.97 Å². The summed E-state index contributed by atoms with van der Waals surface area (Å²) in [7, 11) is 1.29. The van der Waals surface area contributed by atoms with E-state index in [9.17, 15) is 4.79 Å². The lowest BCUT2D eigenvalue weighted by Crippen LogP contribution is -2.07. The highest BCUT2D eigenvalue weighted by Gasteiger charge is 2.19. The second kappa shape index (κ2) is 4.25. The number of anilines is 1. The van der Waals surface area contributed by atoms with E-state index in [0.29, 0.717) is 5.82 Å². The summed E-state index contributed by atoms with van der Waals surface area (Å²) in [5.41, 5.74) is 6.76. The molecule has 0 saturated heterocycles. The van der Waals surface area contributed by atoms with Crippen LogP contribution in [0, 0.1) is 6.92 Å². The van der Waals surface area contributed by atoms with E-state index in [2.05, 4.69) is 14.7 Å². The van der Waals surface area contributed by atoms with Crippen LogP contribution in [0.5, 0.6) is 0 Å². The fourth-order valence-corrected chi connectivity index (χ4v) is 1.61. The van der Waals surface area contributed by atoms with Gasteiger partial charge in [-0.15, -0.1) is 0 Å². The van der Waals surface area contributed by atoms with Crippen molar-refractivity contribution in [3.8, 4) is 5.69 Å². The molecule has 0 aliphatic carbocycles. The number of methoxy groups -OCH3 is 1. The Morgan fingerprint density at radius 1 is 1.53 bits per heavy atom. The maximum Gasteiger partial charge on any atom is 0.360 e. The van der Waals surface area contributed by atoms with Gasteiger partial charge in [-0.25, -0.2) is 9.78 Å². The number of carbonyl (C=O) groups excluding carboxylic acids is 1. The average Bonchev–Trinajstić information content (AvgIpc) is 2.65. The van der Waals surface area contributed by atoms with Gasteiger partial charge in [0.2, 0.25) is 0 Å². The van der Waals surface area contributed by atoms with Crippen LogP contribution in [0.1, 0.15) is 16.3 Å². The van der Waals surface area contributed by atoms with Crippen LogP contribution in [0.2, 0.25) is 0 Å². The van der Waals surface area contributed by atoms with E-state index in [1.165, 1.54) is 7.11 Å². The number of ether oxygens (including phenoxy) is 1. The van der Waals surface area contributed by atoms with Crippen LogP contribution >= 0.6 is 0 Å². The van der Waals surface area contributed by atoms with E-state index >= 15 is 0 Å². The highest BCUT2D eigenvalue weighted by molar-refractivity contribution is 5.92. The first kappa shape index (κ1) is 11.1. The van der Waals surface area contributed by atoms with Gasteiger partial charge in [-0.3, -0.25) is 9.55 Å². The van der Waals surface area contributed by atoms with Gasteiger partial charge < -0.3 is 10.5 Å². The quantitative estimate of drug-likeness (QED) is 0.779. The molecule has 0 bridgehead atoms. The molecule has 0 fully saturated rings. The van der Waals surface area contributed by atoms with Crippen LogP contribution in [0.25, 0.3) is 5.69 Å². The van der Waals surface area contributed by atoms with Crippen molar-refractivity contribution in [3.63, 3.8) is 0 Å². The van der Waals surface area contributed by atoms with E-state index in [-0.39, 0.29) is 11.5 Å². The van der Waals surface area contributed by atoms with Crippen LogP contribution in [0.15, 0.2) is 24.5 Å². The number of aromatic nitrogens is 3. The van der Waals surface area contributed by atoms with Crippen molar-refractivity contribution in [2.75, 3.05) is 12.8 Å². The van der Waals surface area contributed by atoms with E-state index in [1.54, 1.807) is 30.0 Å². The van der Waals surface area contributed by atoms with Crippen molar-refractivity contribution < 1.29 is 9.53 Å². The van der Waals surface area contributed by atoms with Gasteiger partial charge in [0.05, 0.1) is 19.0 Å². The molecule has 0 saturated carbocycles. The summed E-state index contributed by atoms with van der Waals surface area (Å²) in [6.45, 7) is 1.76. The van der Waals surface area contributed by atoms with Gasteiger partial charge in [-0.05, 0) is 19.1 Å². The van der Waals surface area contributed by atoms with Crippen molar-refractivity contribution in [2.45, 2.75) is 6.92 Å². The summed E-state index contributed by atoms with van der Waals surface area (Å²) >= 11 is 0. The lowest BCUT2D eigenvalue weighted by molar-refractivity contribution is 0.0596. The summed E-state index contributed by atoms with van der Waals surface area (Å²) in [5, 5.41) is 0. The maximum absolute atomic E-state index is 11.4. The number of hydrogen-bond acceptors (Lipinski definition) is 5. The molecule has 0 radical (unpaired) electrons. The van der Waals surface area contributed by atoms with Crippen molar-refractivity contribution in [1.82, 2.24) is 14.5 Å². The van der Waals surface area contributed by atoms with E-state index in [4.69, 9.17) is 5.73 Å². The standard InChI is InChI=1S/C11H12N4O2/c1-7-14-9(11(16)17-2)10(12)15(7)8-4-3-5-13-6-8/h3-6H,12H2,1-2H3. The van der Waals surface area contributed by atoms with Crippen LogP contribution in [0.4, 0.5) is 5.82 Å². The molecule has 0 aromatic carbocycles. The predicted octanol–water partition coefficient (Wildman–Crippen LogP) is 0.945. The number of aryl methyl sites for hydroxylation is 1. The number of pyridine rings is 1. The summed E-state index contributed by atoms with van der Waals surface area (Å²) in [5.74, 6) is 0.312. The number of hydrogen-bond donors (Lipinski definition) is 1. The summed E-state index contributed by atoms with van der Waals surface area (Å²) in [4.78, 5) is 19.5. The van der Waals surface area contributed by atoms with Gasteiger partial charge in [0.15, 0.2) is 5.69 Å². The third kappa shape index (κ3) is 1.84. The highest BCUT2D eigenvalue weighted by Crippen LogP contribution is 2.20. The predicted molar refractivity (Wildman–Crippen MR) is 61.8 cm³/mol. The molecule has 2 rings (SSSR count). The molecule has 0 spiro atoms. The molecule has 2 aromatic heterocycles. The van der Waals surface area contributed by atoms with Gasteiger partial charge in [-0.1, -0.05) is 0 Å². The number of imidazole rings is 1. The van der Waals surface area contributed by atoms with Gasteiger partial charge >= 0.3 is 5.97 Å². The maximum atomic E-state index is 11.4. The SMILES string of the molecule is COC(=O)c1nc(C)n(-c2cccnc2)c1N. The Balaban J connectivity index is 2.57. The molecule has 2 aromatic rings. The number of nitrogens with two attached hydrogens (primary N) is 1. The molecule has 2 N–H and O–H groups in total. The molecule has 0 amide bonds. The van der Waals surface area contributed by atoms with Crippen molar-refractivity contribution in [1.29, 1.82) is 0 Å². The van der Waals surface area contributed by atoms with Gasteiger partial charge in [0, 0.05) is 6.20 Å². The number of nitrogen functional groups attached to an aromatic ring is 1. The van der Waals surface area contributed by atoms with Crippen molar-refractivity contribution >= 4 is 11.8 Å². The monoisotopic (exact) mass is 232 g/mol. The first-order chi connectivity index (χ1) is 8.15. The fourth-order valence-electron chi connectivity index (χ4n) is 1.61.